The number of benzene rings is 1. The molecule has 6 nitrogen and oxygen atoms in total. The summed E-state index contributed by atoms with van der Waals surface area (Å²) in [6, 6.07) is 10.6. The number of likely N-dealkylation sites (tertiary alicyclic amines) is 1. The molecule has 2 aliphatic heterocycles. The fourth-order valence-electron chi connectivity index (χ4n) is 4.17. The Balaban J connectivity index is 0.00000225. The van der Waals surface area contributed by atoms with Crippen molar-refractivity contribution in [2.24, 2.45) is 5.92 Å². The van der Waals surface area contributed by atoms with E-state index < -0.39 is 0 Å². The molecule has 2 saturated heterocycles. The van der Waals surface area contributed by atoms with Crippen molar-refractivity contribution < 1.29 is 4.79 Å². The van der Waals surface area contributed by atoms with Crippen LogP contribution in [0.2, 0.25) is 0 Å². The number of nitrogens with zero attached hydrogens (tertiary/aromatic N) is 3. The van der Waals surface area contributed by atoms with Crippen molar-refractivity contribution in [3.63, 3.8) is 0 Å². The van der Waals surface area contributed by atoms with E-state index in [0.29, 0.717) is 5.92 Å². The van der Waals surface area contributed by atoms with Crippen molar-refractivity contribution in [1.29, 1.82) is 0 Å². The molecule has 2 N–H and O–H groups in total. The Morgan fingerprint density at radius 1 is 1.21 bits per heavy atom. The maximum atomic E-state index is 12.2. The van der Waals surface area contributed by atoms with Gasteiger partial charge in [-0.15, -0.1) is 12.4 Å². The molecule has 2 atom stereocenters. The second kappa shape index (κ2) is 10.0. The second-order valence-electron chi connectivity index (χ2n) is 7.75. The SMILES string of the molecule is Cl.O=C(NCC1CCCN(Cc2ccc(-n3cccn3)cc2)C1)C1CCCN1. The van der Waals surface area contributed by atoms with Gasteiger partial charge in [-0.25, -0.2) is 4.68 Å². The molecule has 1 aromatic carbocycles. The quantitative estimate of drug-likeness (QED) is 0.777. The van der Waals surface area contributed by atoms with Crippen LogP contribution in [0.25, 0.3) is 5.69 Å². The molecule has 1 amide bonds. The van der Waals surface area contributed by atoms with E-state index >= 15 is 0 Å². The van der Waals surface area contributed by atoms with E-state index in [1.807, 2.05) is 16.9 Å². The summed E-state index contributed by atoms with van der Waals surface area (Å²) in [4.78, 5) is 14.7. The number of nitrogens with one attached hydrogen (secondary N) is 2. The zero-order valence-corrected chi connectivity index (χ0v) is 17.0. The molecule has 4 rings (SSSR count). The molecule has 0 aliphatic carbocycles. The van der Waals surface area contributed by atoms with E-state index in [9.17, 15) is 4.79 Å². The normalized spacial score (nSPS) is 22.6. The Morgan fingerprint density at radius 2 is 2.07 bits per heavy atom. The van der Waals surface area contributed by atoms with Crippen molar-refractivity contribution >= 4 is 18.3 Å². The van der Waals surface area contributed by atoms with Gasteiger partial charge in [-0.1, -0.05) is 12.1 Å². The van der Waals surface area contributed by atoms with Crippen LogP contribution in [0.1, 0.15) is 31.2 Å². The lowest BCUT2D eigenvalue weighted by atomic mass is 9.97. The van der Waals surface area contributed by atoms with Crippen molar-refractivity contribution in [2.75, 3.05) is 26.2 Å². The highest BCUT2D eigenvalue weighted by Crippen LogP contribution is 2.19. The Bertz CT molecular complexity index is 728. The van der Waals surface area contributed by atoms with E-state index in [4.69, 9.17) is 0 Å². The first-order chi connectivity index (χ1) is 13.3. The number of piperidine rings is 1. The number of halogens is 1. The van der Waals surface area contributed by atoms with Crippen LogP contribution in [0.3, 0.4) is 0 Å². The monoisotopic (exact) mass is 403 g/mol. The highest BCUT2D eigenvalue weighted by molar-refractivity contribution is 5.85. The molecule has 28 heavy (non-hydrogen) atoms. The largest absolute Gasteiger partial charge is 0.354 e. The zero-order chi connectivity index (χ0) is 18.5. The molecule has 2 aromatic rings. The molecule has 2 aliphatic rings. The third-order valence-electron chi connectivity index (χ3n) is 5.66. The lowest BCUT2D eigenvalue weighted by Crippen LogP contribution is -2.45. The van der Waals surface area contributed by atoms with Crippen molar-refractivity contribution in [3.05, 3.63) is 48.3 Å². The fourth-order valence-corrected chi connectivity index (χ4v) is 4.17. The number of carbonyl (C=O) groups is 1. The first-order valence-electron chi connectivity index (χ1n) is 10.1. The molecule has 0 spiro atoms. The lowest BCUT2D eigenvalue weighted by Gasteiger charge is -2.33. The molecule has 0 saturated carbocycles. The van der Waals surface area contributed by atoms with E-state index in [0.717, 1.165) is 51.3 Å². The minimum atomic E-state index is 0. The van der Waals surface area contributed by atoms with Crippen LogP contribution in [0.5, 0.6) is 0 Å². The van der Waals surface area contributed by atoms with E-state index in [-0.39, 0.29) is 24.4 Å². The van der Waals surface area contributed by atoms with E-state index in [2.05, 4.69) is 44.9 Å². The maximum absolute atomic E-state index is 12.2. The highest BCUT2D eigenvalue weighted by atomic mass is 35.5. The van der Waals surface area contributed by atoms with Crippen LogP contribution in [-0.4, -0.2) is 52.8 Å². The third kappa shape index (κ3) is 5.34. The van der Waals surface area contributed by atoms with E-state index in [1.165, 1.54) is 18.4 Å². The van der Waals surface area contributed by atoms with Gasteiger partial charge in [0.25, 0.3) is 0 Å². The summed E-state index contributed by atoms with van der Waals surface area (Å²) in [5.74, 6) is 0.728. The number of rotatable bonds is 6. The topological polar surface area (TPSA) is 62.2 Å². The van der Waals surface area contributed by atoms with Crippen LogP contribution in [0.4, 0.5) is 0 Å². The number of hydrogen-bond acceptors (Lipinski definition) is 4. The number of carbonyl (C=O) groups excluding carboxylic acids is 1. The van der Waals surface area contributed by atoms with Crippen LogP contribution in [0.15, 0.2) is 42.7 Å². The predicted molar refractivity (Wildman–Crippen MR) is 113 cm³/mol. The Hall–Kier alpha value is -1.89. The molecule has 152 valence electrons. The molecule has 2 fully saturated rings. The summed E-state index contributed by atoms with van der Waals surface area (Å²) >= 11 is 0. The Kier molecular flexibility index (Phi) is 7.48. The average molecular weight is 404 g/mol. The molecule has 0 radical (unpaired) electrons. The fraction of sp³-hybridized carbons (Fsp3) is 0.524. The zero-order valence-electron chi connectivity index (χ0n) is 16.2. The molecule has 7 heteroatoms. The van der Waals surface area contributed by atoms with Gasteiger partial charge in [0.1, 0.15) is 0 Å². The van der Waals surface area contributed by atoms with Gasteiger partial charge >= 0.3 is 0 Å². The first-order valence-corrected chi connectivity index (χ1v) is 10.1. The van der Waals surface area contributed by atoms with Crippen LogP contribution < -0.4 is 10.6 Å². The van der Waals surface area contributed by atoms with E-state index in [1.54, 1.807) is 6.20 Å². The van der Waals surface area contributed by atoms with Gasteiger partial charge in [0.15, 0.2) is 0 Å². The van der Waals surface area contributed by atoms with Gasteiger partial charge in [0, 0.05) is 32.0 Å². The first kappa shape index (κ1) is 20.8. The van der Waals surface area contributed by atoms with Gasteiger partial charge < -0.3 is 10.6 Å². The predicted octanol–water partition coefficient (Wildman–Crippen LogP) is 2.37. The number of hydrogen-bond donors (Lipinski definition) is 2. The summed E-state index contributed by atoms with van der Waals surface area (Å²) in [6.45, 7) is 4.92. The van der Waals surface area contributed by atoms with Gasteiger partial charge in [0.2, 0.25) is 5.91 Å². The highest BCUT2D eigenvalue weighted by Gasteiger charge is 2.24. The van der Waals surface area contributed by atoms with Crippen LogP contribution in [0, 0.1) is 5.92 Å². The number of aromatic nitrogens is 2. The molecular formula is C21H30ClN5O. The molecule has 0 bridgehead atoms. The summed E-state index contributed by atoms with van der Waals surface area (Å²) in [5.41, 5.74) is 2.41. The minimum absolute atomic E-state index is 0. The van der Waals surface area contributed by atoms with Crippen LogP contribution >= 0.6 is 12.4 Å². The third-order valence-corrected chi connectivity index (χ3v) is 5.66. The minimum Gasteiger partial charge on any atom is -0.354 e. The molecule has 1 aromatic heterocycles. The average Bonchev–Trinajstić information content (AvgIpc) is 3.41. The van der Waals surface area contributed by atoms with Crippen molar-refractivity contribution in [1.82, 2.24) is 25.3 Å². The van der Waals surface area contributed by atoms with Gasteiger partial charge in [-0.05, 0) is 68.5 Å². The van der Waals surface area contributed by atoms with Gasteiger partial charge in [-0.2, -0.15) is 5.10 Å². The number of amides is 1. The second-order valence-corrected chi connectivity index (χ2v) is 7.75. The maximum Gasteiger partial charge on any atom is 0.237 e. The summed E-state index contributed by atoms with van der Waals surface area (Å²) < 4.78 is 1.88. The molecule has 2 unspecified atom stereocenters. The Labute approximate surface area is 173 Å². The van der Waals surface area contributed by atoms with Crippen molar-refractivity contribution in [2.45, 2.75) is 38.3 Å². The van der Waals surface area contributed by atoms with Gasteiger partial charge in [0.05, 0.1) is 11.7 Å². The summed E-state index contributed by atoms with van der Waals surface area (Å²) in [5, 5.41) is 10.7. The lowest BCUT2D eigenvalue weighted by molar-refractivity contribution is -0.123. The smallest absolute Gasteiger partial charge is 0.237 e. The summed E-state index contributed by atoms with van der Waals surface area (Å²) in [6.07, 6.45) is 8.23. The molecular weight excluding hydrogens is 374 g/mol. The van der Waals surface area contributed by atoms with Gasteiger partial charge in [-0.3, -0.25) is 9.69 Å². The van der Waals surface area contributed by atoms with Crippen molar-refractivity contribution in [3.8, 4) is 5.69 Å². The van der Waals surface area contributed by atoms with Crippen LogP contribution in [-0.2, 0) is 11.3 Å². The standard InChI is InChI=1S/C21H29N5O.ClH/c27-21(20-5-1-10-22-20)23-14-18-4-2-12-25(16-18)15-17-6-8-19(9-7-17)26-13-3-11-24-26;/h3,6-9,11,13,18,20,22H,1-2,4-5,10,12,14-16H2,(H,23,27);1H. The summed E-state index contributed by atoms with van der Waals surface area (Å²) in [7, 11) is 0. The Morgan fingerprint density at radius 3 is 2.79 bits per heavy atom. The molecule has 3 heterocycles.